The molecule has 1 saturated heterocycles. The second-order valence-electron chi connectivity index (χ2n) is 6.72. The number of hydrogen-bond donors (Lipinski definition) is 1. The van der Waals surface area contributed by atoms with E-state index in [1.807, 2.05) is 36.1 Å². The van der Waals surface area contributed by atoms with Gasteiger partial charge in [0.1, 0.15) is 18.1 Å². The molecule has 1 amide bonds. The number of hydrogen-bond acceptors (Lipinski definition) is 5. The van der Waals surface area contributed by atoms with Crippen molar-refractivity contribution < 1.29 is 9.53 Å². The van der Waals surface area contributed by atoms with E-state index in [0.717, 1.165) is 48.5 Å². The van der Waals surface area contributed by atoms with Crippen LogP contribution in [0.1, 0.15) is 37.8 Å². The third kappa shape index (κ3) is 2.83. The second kappa shape index (κ2) is 6.82. The summed E-state index contributed by atoms with van der Waals surface area (Å²) < 4.78 is 7.05. The first-order valence-corrected chi connectivity index (χ1v) is 8.99. The first-order chi connectivity index (χ1) is 12.7. The SMILES string of the molecule is COc1ccc([C@H]2C(C(=O)N3CCCCC3)=C(C)Nc3ncnn32)cc1. The predicted octanol–water partition coefficient (Wildman–Crippen LogP) is 2.59. The van der Waals surface area contributed by atoms with Gasteiger partial charge in [0.15, 0.2) is 0 Å². The van der Waals surface area contributed by atoms with Crippen molar-refractivity contribution in [2.24, 2.45) is 0 Å². The zero-order chi connectivity index (χ0) is 18.1. The number of ether oxygens (including phenoxy) is 1. The number of carbonyl (C=O) groups excluding carboxylic acids is 1. The van der Waals surface area contributed by atoms with Crippen molar-refractivity contribution in [2.75, 3.05) is 25.5 Å². The highest BCUT2D eigenvalue weighted by molar-refractivity contribution is 5.96. The van der Waals surface area contributed by atoms with Gasteiger partial charge >= 0.3 is 0 Å². The Hall–Kier alpha value is -2.83. The van der Waals surface area contributed by atoms with Crippen molar-refractivity contribution in [1.82, 2.24) is 19.7 Å². The van der Waals surface area contributed by atoms with Gasteiger partial charge in [0.25, 0.3) is 5.91 Å². The van der Waals surface area contributed by atoms with Gasteiger partial charge in [0.2, 0.25) is 5.95 Å². The van der Waals surface area contributed by atoms with Crippen LogP contribution in [0.15, 0.2) is 41.9 Å². The maximum atomic E-state index is 13.3. The molecule has 1 atom stereocenters. The van der Waals surface area contributed by atoms with Crippen LogP contribution in [0.2, 0.25) is 0 Å². The Morgan fingerprint density at radius 1 is 1.19 bits per heavy atom. The number of aromatic nitrogens is 3. The van der Waals surface area contributed by atoms with Gasteiger partial charge in [-0.25, -0.2) is 4.68 Å². The Balaban J connectivity index is 1.77. The molecule has 0 spiro atoms. The standard InChI is InChI=1S/C19H23N5O2/c1-13-16(18(25)23-10-4-3-5-11-23)17(24-19(22-13)20-12-21-24)14-6-8-15(26-2)9-7-14/h6-9,12,17H,3-5,10-11H2,1-2H3,(H,20,21,22)/t17-/m0/s1. The van der Waals surface area contributed by atoms with Gasteiger partial charge in [-0.2, -0.15) is 10.1 Å². The summed E-state index contributed by atoms with van der Waals surface area (Å²) in [6, 6.07) is 7.49. The molecule has 2 aromatic rings. The number of carbonyl (C=O) groups is 1. The van der Waals surface area contributed by atoms with Gasteiger partial charge in [0, 0.05) is 18.8 Å². The number of nitrogens with zero attached hydrogens (tertiary/aromatic N) is 4. The smallest absolute Gasteiger partial charge is 0.254 e. The monoisotopic (exact) mass is 353 g/mol. The van der Waals surface area contributed by atoms with E-state index < -0.39 is 0 Å². The molecule has 0 unspecified atom stereocenters. The molecule has 0 aliphatic carbocycles. The van der Waals surface area contributed by atoms with Crippen molar-refractivity contribution in [2.45, 2.75) is 32.2 Å². The third-order valence-electron chi connectivity index (χ3n) is 5.10. The van der Waals surface area contributed by atoms with Gasteiger partial charge in [-0.15, -0.1) is 0 Å². The Bertz CT molecular complexity index is 834. The summed E-state index contributed by atoms with van der Waals surface area (Å²) in [6.45, 7) is 3.57. The number of methoxy groups -OCH3 is 1. The van der Waals surface area contributed by atoms with Gasteiger partial charge in [0.05, 0.1) is 12.7 Å². The van der Waals surface area contributed by atoms with Crippen LogP contribution in [0.4, 0.5) is 5.95 Å². The molecule has 26 heavy (non-hydrogen) atoms. The van der Waals surface area contributed by atoms with Crippen LogP contribution in [0.5, 0.6) is 5.75 Å². The summed E-state index contributed by atoms with van der Waals surface area (Å²) in [5.74, 6) is 1.52. The molecule has 1 aromatic carbocycles. The van der Waals surface area contributed by atoms with Crippen molar-refractivity contribution in [3.05, 3.63) is 47.4 Å². The molecule has 0 bridgehead atoms. The van der Waals surface area contributed by atoms with Gasteiger partial charge in [-0.1, -0.05) is 12.1 Å². The van der Waals surface area contributed by atoms with Crippen molar-refractivity contribution in [1.29, 1.82) is 0 Å². The highest BCUT2D eigenvalue weighted by atomic mass is 16.5. The molecule has 2 aliphatic heterocycles. The number of anilines is 1. The van der Waals surface area contributed by atoms with E-state index in [9.17, 15) is 4.79 Å². The lowest BCUT2D eigenvalue weighted by atomic mass is 9.94. The fraction of sp³-hybridized carbons (Fsp3) is 0.421. The third-order valence-corrected chi connectivity index (χ3v) is 5.10. The van der Waals surface area contributed by atoms with Crippen LogP contribution in [0, 0.1) is 0 Å². The quantitative estimate of drug-likeness (QED) is 0.918. The zero-order valence-corrected chi connectivity index (χ0v) is 15.1. The van der Waals surface area contributed by atoms with E-state index >= 15 is 0 Å². The summed E-state index contributed by atoms with van der Waals surface area (Å²) >= 11 is 0. The lowest BCUT2D eigenvalue weighted by Gasteiger charge is -2.34. The summed E-state index contributed by atoms with van der Waals surface area (Å²) in [4.78, 5) is 19.6. The molecule has 1 aromatic heterocycles. The minimum Gasteiger partial charge on any atom is -0.497 e. The largest absolute Gasteiger partial charge is 0.497 e. The van der Waals surface area contributed by atoms with Crippen molar-refractivity contribution >= 4 is 11.9 Å². The lowest BCUT2D eigenvalue weighted by Crippen LogP contribution is -2.40. The minimum absolute atomic E-state index is 0.0802. The lowest BCUT2D eigenvalue weighted by molar-refractivity contribution is -0.128. The molecular weight excluding hydrogens is 330 g/mol. The van der Waals surface area contributed by atoms with E-state index in [1.165, 1.54) is 12.7 Å². The van der Waals surface area contributed by atoms with E-state index in [1.54, 1.807) is 11.8 Å². The molecule has 7 heteroatoms. The van der Waals surface area contributed by atoms with Crippen molar-refractivity contribution in [3.8, 4) is 5.75 Å². The molecule has 0 radical (unpaired) electrons. The van der Waals surface area contributed by atoms with Gasteiger partial charge in [-0.05, 0) is 43.9 Å². The second-order valence-corrected chi connectivity index (χ2v) is 6.72. The minimum atomic E-state index is -0.297. The molecule has 4 rings (SSSR count). The van der Waals surface area contributed by atoms with E-state index in [0.29, 0.717) is 5.95 Å². The average Bonchev–Trinajstić information content (AvgIpc) is 3.15. The van der Waals surface area contributed by atoms with E-state index in [4.69, 9.17) is 4.74 Å². The molecule has 0 saturated carbocycles. The number of allylic oxidation sites excluding steroid dienone is 1. The first kappa shape index (κ1) is 16.6. The maximum absolute atomic E-state index is 13.3. The Labute approximate surface area is 152 Å². The Morgan fingerprint density at radius 2 is 1.92 bits per heavy atom. The number of fused-ring (bicyclic) bond motifs is 1. The highest BCUT2D eigenvalue weighted by Gasteiger charge is 2.35. The van der Waals surface area contributed by atoms with Crippen LogP contribution in [0.25, 0.3) is 0 Å². The number of rotatable bonds is 3. The molecule has 1 fully saturated rings. The first-order valence-electron chi connectivity index (χ1n) is 8.99. The predicted molar refractivity (Wildman–Crippen MR) is 97.9 cm³/mol. The van der Waals surface area contributed by atoms with Crippen LogP contribution < -0.4 is 10.1 Å². The average molecular weight is 353 g/mol. The normalized spacial score (nSPS) is 19.8. The highest BCUT2D eigenvalue weighted by Crippen LogP contribution is 2.36. The fourth-order valence-corrected chi connectivity index (χ4v) is 3.73. The molecule has 136 valence electrons. The topological polar surface area (TPSA) is 72.3 Å². The summed E-state index contributed by atoms with van der Waals surface area (Å²) in [5, 5.41) is 7.61. The molecule has 3 heterocycles. The molecule has 2 aliphatic rings. The van der Waals surface area contributed by atoms with Crippen LogP contribution >= 0.6 is 0 Å². The zero-order valence-electron chi connectivity index (χ0n) is 15.1. The van der Waals surface area contributed by atoms with E-state index in [-0.39, 0.29) is 11.9 Å². The van der Waals surface area contributed by atoms with Gasteiger partial charge in [-0.3, -0.25) is 4.79 Å². The van der Waals surface area contributed by atoms with Crippen LogP contribution in [-0.4, -0.2) is 45.8 Å². The maximum Gasteiger partial charge on any atom is 0.254 e. The summed E-state index contributed by atoms with van der Waals surface area (Å²) in [7, 11) is 1.64. The molecule has 1 N–H and O–H groups in total. The van der Waals surface area contributed by atoms with Crippen LogP contribution in [0.3, 0.4) is 0 Å². The Kier molecular flexibility index (Phi) is 4.36. The molecular formula is C19H23N5O2. The number of amides is 1. The summed E-state index contributed by atoms with van der Waals surface area (Å²) in [6.07, 6.45) is 4.83. The number of nitrogens with one attached hydrogen (secondary N) is 1. The van der Waals surface area contributed by atoms with E-state index in [2.05, 4.69) is 15.4 Å². The number of likely N-dealkylation sites (tertiary alicyclic amines) is 1. The summed E-state index contributed by atoms with van der Waals surface area (Å²) in [5.41, 5.74) is 2.55. The van der Waals surface area contributed by atoms with Crippen molar-refractivity contribution in [3.63, 3.8) is 0 Å². The Morgan fingerprint density at radius 3 is 2.62 bits per heavy atom. The number of piperidine rings is 1. The van der Waals surface area contributed by atoms with Crippen LogP contribution in [-0.2, 0) is 4.79 Å². The number of benzene rings is 1. The van der Waals surface area contributed by atoms with Gasteiger partial charge < -0.3 is 15.0 Å². The fourth-order valence-electron chi connectivity index (χ4n) is 3.73. The molecule has 7 nitrogen and oxygen atoms in total.